The molecule has 1 heterocycles. The minimum Gasteiger partial charge on any atom is -0.481 e. The van der Waals surface area contributed by atoms with Gasteiger partial charge >= 0.3 is 5.97 Å². The Kier molecular flexibility index (Phi) is 4.87. The second-order valence-corrected chi connectivity index (χ2v) is 3.32. The zero-order valence-corrected chi connectivity index (χ0v) is 9.04. The Morgan fingerprint density at radius 3 is 3.06 bits per heavy atom. The molecule has 0 aromatic carbocycles. The maximum Gasteiger partial charge on any atom is 0.309 e. The van der Waals surface area contributed by atoms with Crippen molar-refractivity contribution in [1.29, 1.82) is 0 Å². The molecule has 0 amide bonds. The van der Waals surface area contributed by atoms with Crippen LogP contribution in [-0.2, 0) is 22.5 Å². The lowest BCUT2D eigenvalue weighted by molar-refractivity contribution is -0.136. The summed E-state index contributed by atoms with van der Waals surface area (Å²) in [5.41, 5.74) is 0.371. The smallest absolute Gasteiger partial charge is 0.309 e. The summed E-state index contributed by atoms with van der Waals surface area (Å²) in [6.07, 6.45) is 0.671. The van der Waals surface area contributed by atoms with Crippen LogP contribution < -0.4 is 0 Å². The second kappa shape index (κ2) is 6.19. The van der Waals surface area contributed by atoms with Crippen molar-refractivity contribution in [3.05, 3.63) is 11.9 Å². The van der Waals surface area contributed by atoms with Gasteiger partial charge in [-0.1, -0.05) is 5.21 Å². The number of hydrogen-bond donors (Lipinski definition) is 2. The summed E-state index contributed by atoms with van der Waals surface area (Å²) in [6.45, 7) is 2.85. The number of aromatic nitrogens is 3. The molecule has 0 aliphatic carbocycles. The fourth-order valence-electron chi connectivity index (χ4n) is 1.19. The van der Waals surface area contributed by atoms with Gasteiger partial charge in [-0.15, -0.1) is 5.10 Å². The molecule has 0 aliphatic heterocycles. The molecule has 1 rings (SSSR count). The molecule has 1 aromatic heterocycles. The van der Waals surface area contributed by atoms with E-state index in [1.54, 1.807) is 0 Å². The predicted molar refractivity (Wildman–Crippen MR) is 53.9 cm³/mol. The highest BCUT2D eigenvalue weighted by Gasteiger charge is 2.09. The van der Waals surface area contributed by atoms with Crippen molar-refractivity contribution in [2.24, 2.45) is 0 Å². The Bertz CT molecular complexity index is 339. The van der Waals surface area contributed by atoms with E-state index < -0.39 is 12.1 Å². The number of aliphatic carboxylic acids is 1. The van der Waals surface area contributed by atoms with Gasteiger partial charge < -0.3 is 14.9 Å². The van der Waals surface area contributed by atoms with Crippen molar-refractivity contribution in [2.75, 3.05) is 13.2 Å². The first-order chi connectivity index (χ1) is 7.61. The van der Waals surface area contributed by atoms with Gasteiger partial charge in [-0.3, -0.25) is 4.79 Å². The lowest BCUT2D eigenvalue weighted by atomic mass is 10.3. The van der Waals surface area contributed by atoms with Crippen molar-refractivity contribution < 1.29 is 19.7 Å². The van der Waals surface area contributed by atoms with Gasteiger partial charge in [-0.2, -0.15) is 0 Å². The molecular weight excluding hydrogens is 214 g/mol. The highest BCUT2D eigenvalue weighted by molar-refractivity contribution is 5.69. The van der Waals surface area contributed by atoms with Gasteiger partial charge in [0, 0.05) is 12.8 Å². The second-order valence-electron chi connectivity index (χ2n) is 3.32. The molecule has 0 spiro atoms. The first kappa shape index (κ1) is 12.6. The van der Waals surface area contributed by atoms with Crippen molar-refractivity contribution in [3.63, 3.8) is 0 Å². The van der Waals surface area contributed by atoms with E-state index in [0.717, 1.165) is 0 Å². The number of rotatable bonds is 7. The molecular formula is C9H15N3O4. The Hall–Kier alpha value is -1.47. The monoisotopic (exact) mass is 229 g/mol. The summed E-state index contributed by atoms with van der Waals surface area (Å²) < 4.78 is 6.44. The fraction of sp³-hybridized carbons (Fsp3) is 0.667. The van der Waals surface area contributed by atoms with Gasteiger partial charge in [0.15, 0.2) is 0 Å². The average molecular weight is 229 g/mol. The van der Waals surface area contributed by atoms with E-state index in [4.69, 9.17) is 9.84 Å². The zero-order chi connectivity index (χ0) is 12.0. The molecule has 1 aromatic rings. The van der Waals surface area contributed by atoms with Gasteiger partial charge in [-0.05, 0) is 6.92 Å². The third kappa shape index (κ3) is 4.37. The molecule has 2 N–H and O–H groups in total. The van der Waals surface area contributed by atoms with Crippen LogP contribution in [0.25, 0.3) is 0 Å². The molecule has 90 valence electrons. The minimum absolute atomic E-state index is 0.165. The summed E-state index contributed by atoms with van der Waals surface area (Å²) in [5.74, 6) is -0.957. The standard InChI is InChI=1S/C9H15N3O4/c1-2-16-6-8(13)5-12-4-7(10-11-12)3-9(14)15/h4,8,13H,2-3,5-6H2,1H3,(H,14,15). The lowest BCUT2D eigenvalue weighted by Gasteiger charge is -2.09. The van der Waals surface area contributed by atoms with Crippen molar-refractivity contribution >= 4 is 5.97 Å². The van der Waals surface area contributed by atoms with Crippen LogP contribution in [0, 0.1) is 0 Å². The summed E-state index contributed by atoms with van der Waals surface area (Å²) in [4.78, 5) is 10.4. The van der Waals surface area contributed by atoms with Crippen molar-refractivity contribution in [1.82, 2.24) is 15.0 Å². The SMILES string of the molecule is CCOCC(O)Cn1cc(CC(=O)O)nn1. The number of carbonyl (C=O) groups is 1. The van der Waals surface area contributed by atoms with Crippen LogP contribution in [0.2, 0.25) is 0 Å². The molecule has 0 saturated carbocycles. The minimum atomic E-state index is -0.957. The van der Waals surface area contributed by atoms with Crippen LogP contribution in [-0.4, -0.2) is 50.5 Å². The summed E-state index contributed by atoms with van der Waals surface area (Å²) in [6, 6.07) is 0. The third-order valence-electron chi connectivity index (χ3n) is 1.83. The molecule has 16 heavy (non-hydrogen) atoms. The van der Waals surface area contributed by atoms with E-state index in [1.165, 1.54) is 10.9 Å². The van der Waals surface area contributed by atoms with Crippen LogP contribution in [0.5, 0.6) is 0 Å². The van der Waals surface area contributed by atoms with Gasteiger partial charge in [0.25, 0.3) is 0 Å². The van der Waals surface area contributed by atoms with Gasteiger partial charge in [0.1, 0.15) is 0 Å². The Morgan fingerprint density at radius 1 is 1.69 bits per heavy atom. The van der Waals surface area contributed by atoms with Crippen molar-refractivity contribution in [3.8, 4) is 0 Å². The molecule has 1 unspecified atom stereocenters. The predicted octanol–water partition coefficient (Wildman–Crippen LogP) is -0.697. The molecule has 0 saturated heterocycles. The number of carboxylic acids is 1. The van der Waals surface area contributed by atoms with Crippen LogP contribution in [0.4, 0.5) is 0 Å². The van der Waals surface area contributed by atoms with Gasteiger partial charge in [0.05, 0.1) is 31.4 Å². The van der Waals surface area contributed by atoms with E-state index in [0.29, 0.717) is 12.3 Å². The molecule has 0 bridgehead atoms. The molecule has 0 fully saturated rings. The van der Waals surface area contributed by atoms with Crippen LogP contribution in [0.15, 0.2) is 6.20 Å². The van der Waals surface area contributed by atoms with Crippen molar-refractivity contribution in [2.45, 2.75) is 26.0 Å². The number of aliphatic hydroxyl groups excluding tert-OH is 1. The van der Waals surface area contributed by atoms with E-state index in [2.05, 4.69) is 10.3 Å². The number of hydrogen-bond acceptors (Lipinski definition) is 5. The average Bonchev–Trinajstić information content (AvgIpc) is 2.61. The molecule has 7 heteroatoms. The van der Waals surface area contributed by atoms with Gasteiger partial charge in [0.2, 0.25) is 0 Å². The molecule has 0 aliphatic rings. The Labute approximate surface area is 92.6 Å². The highest BCUT2D eigenvalue weighted by Crippen LogP contribution is 1.97. The van der Waals surface area contributed by atoms with Gasteiger partial charge in [-0.25, -0.2) is 4.68 Å². The summed E-state index contributed by atoms with van der Waals surface area (Å²) in [5, 5.41) is 25.4. The van der Waals surface area contributed by atoms with Crippen LogP contribution in [0.3, 0.4) is 0 Å². The lowest BCUT2D eigenvalue weighted by Crippen LogP contribution is -2.22. The van der Waals surface area contributed by atoms with E-state index in [1.807, 2.05) is 6.92 Å². The first-order valence-corrected chi connectivity index (χ1v) is 4.98. The maximum absolute atomic E-state index is 10.4. The van der Waals surface area contributed by atoms with Crippen LogP contribution in [0.1, 0.15) is 12.6 Å². The van der Waals surface area contributed by atoms with E-state index >= 15 is 0 Å². The largest absolute Gasteiger partial charge is 0.481 e. The Balaban J connectivity index is 2.42. The first-order valence-electron chi connectivity index (χ1n) is 4.98. The normalized spacial score (nSPS) is 12.6. The number of carboxylic acid groups (broad SMARTS) is 1. The molecule has 7 nitrogen and oxygen atoms in total. The summed E-state index contributed by atoms with van der Waals surface area (Å²) in [7, 11) is 0. The quantitative estimate of drug-likeness (QED) is 0.641. The molecule has 0 radical (unpaired) electrons. The third-order valence-corrected chi connectivity index (χ3v) is 1.83. The number of ether oxygens (including phenoxy) is 1. The van der Waals surface area contributed by atoms with E-state index in [-0.39, 0.29) is 19.6 Å². The number of aliphatic hydroxyl groups is 1. The number of nitrogens with zero attached hydrogens (tertiary/aromatic N) is 3. The molecule has 1 atom stereocenters. The highest BCUT2D eigenvalue weighted by atomic mass is 16.5. The zero-order valence-electron chi connectivity index (χ0n) is 9.04. The van der Waals surface area contributed by atoms with Crippen LogP contribution >= 0.6 is 0 Å². The fourth-order valence-corrected chi connectivity index (χ4v) is 1.19. The summed E-state index contributed by atoms with van der Waals surface area (Å²) >= 11 is 0. The maximum atomic E-state index is 10.4. The topological polar surface area (TPSA) is 97.5 Å². The Morgan fingerprint density at radius 2 is 2.44 bits per heavy atom. The van der Waals surface area contributed by atoms with E-state index in [9.17, 15) is 9.90 Å².